The minimum Gasteiger partial charge on any atom is -0.480 e. The van der Waals surface area contributed by atoms with Crippen molar-refractivity contribution in [2.24, 2.45) is 5.92 Å². The van der Waals surface area contributed by atoms with Gasteiger partial charge < -0.3 is 10.4 Å². The highest BCUT2D eigenvalue weighted by Crippen LogP contribution is 2.38. The number of allylic oxidation sites excluding steroid dienone is 3. The molecule has 1 aromatic carbocycles. The number of carboxylic acids is 1. The molecule has 2 N–H and O–H groups in total. The third-order valence-corrected chi connectivity index (χ3v) is 5.79. The van der Waals surface area contributed by atoms with Gasteiger partial charge in [0.05, 0.1) is 21.1 Å². The number of hydrogen-bond acceptors (Lipinski definition) is 4. The Labute approximate surface area is 156 Å². The molecule has 0 radical (unpaired) electrons. The van der Waals surface area contributed by atoms with Gasteiger partial charge in [-0.2, -0.15) is 0 Å². The SMILES string of the molecule is C/C=C/CC(NC(=O)C1CC=CCC1c1nc2ccccc2s1)C(=O)O. The van der Waals surface area contributed by atoms with E-state index in [1.54, 1.807) is 23.5 Å². The van der Waals surface area contributed by atoms with Crippen molar-refractivity contribution < 1.29 is 14.7 Å². The molecule has 1 aliphatic rings. The maximum atomic E-state index is 12.8. The van der Waals surface area contributed by atoms with Gasteiger partial charge in [0.15, 0.2) is 0 Å². The molecule has 6 heteroatoms. The molecule has 3 atom stereocenters. The van der Waals surface area contributed by atoms with Crippen LogP contribution in [0.15, 0.2) is 48.6 Å². The molecule has 5 nitrogen and oxygen atoms in total. The molecule has 0 bridgehead atoms. The van der Waals surface area contributed by atoms with Gasteiger partial charge in [0.2, 0.25) is 5.91 Å². The Bertz CT molecular complexity index is 823. The number of aliphatic carboxylic acids is 1. The van der Waals surface area contributed by atoms with Crippen molar-refractivity contribution in [3.63, 3.8) is 0 Å². The Morgan fingerprint density at radius 2 is 2.12 bits per heavy atom. The van der Waals surface area contributed by atoms with Crippen LogP contribution in [0.25, 0.3) is 10.2 Å². The van der Waals surface area contributed by atoms with Crippen molar-refractivity contribution in [3.05, 3.63) is 53.6 Å². The Morgan fingerprint density at radius 3 is 2.85 bits per heavy atom. The summed E-state index contributed by atoms with van der Waals surface area (Å²) < 4.78 is 1.10. The molecule has 0 aliphatic heterocycles. The lowest BCUT2D eigenvalue weighted by atomic mass is 9.82. The van der Waals surface area contributed by atoms with Crippen molar-refractivity contribution in [2.45, 2.75) is 38.1 Å². The van der Waals surface area contributed by atoms with E-state index in [1.807, 2.05) is 37.3 Å². The largest absolute Gasteiger partial charge is 0.480 e. The Balaban J connectivity index is 1.80. The number of fused-ring (bicyclic) bond motifs is 1. The average molecular weight is 370 g/mol. The number of rotatable bonds is 6. The highest BCUT2D eigenvalue weighted by atomic mass is 32.1. The van der Waals surface area contributed by atoms with E-state index in [4.69, 9.17) is 4.98 Å². The van der Waals surface area contributed by atoms with Crippen LogP contribution in [0.4, 0.5) is 0 Å². The van der Waals surface area contributed by atoms with Crippen LogP contribution in [0.5, 0.6) is 0 Å². The number of carbonyl (C=O) groups excluding carboxylic acids is 1. The number of amides is 1. The Kier molecular flexibility index (Phi) is 5.83. The number of nitrogens with one attached hydrogen (secondary N) is 1. The van der Waals surface area contributed by atoms with Crippen molar-refractivity contribution >= 4 is 33.4 Å². The van der Waals surface area contributed by atoms with Crippen LogP contribution in [-0.2, 0) is 9.59 Å². The van der Waals surface area contributed by atoms with Crippen LogP contribution in [0.2, 0.25) is 0 Å². The van der Waals surface area contributed by atoms with E-state index in [9.17, 15) is 14.7 Å². The summed E-state index contributed by atoms with van der Waals surface area (Å²) in [6.45, 7) is 1.83. The number of para-hydroxylation sites is 1. The molecule has 1 heterocycles. The van der Waals surface area contributed by atoms with Gasteiger partial charge >= 0.3 is 5.97 Å². The van der Waals surface area contributed by atoms with Gasteiger partial charge in [-0.3, -0.25) is 4.79 Å². The van der Waals surface area contributed by atoms with Gasteiger partial charge in [0.1, 0.15) is 6.04 Å². The minimum absolute atomic E-state index is 0.0198. The number of aromatic nitrogens is 1. The van der Waals surface area contributed by atoms with Crippen LogP contribution in [0.3, 0.4) is 0 Å². The molecule has 1 amide bonds. The summed E-state index contributed by atoms with van der Waals surface area (Å²) in [7, 11) is 0. The smallest absolute Gasteiger partial charge is 0.326 e. The van der Waals surface area contributed by atoms with Gasteiger partial charge in [0, 0.05) is 5.92 Å². The third-order valence-electron chi connectivity index (χ3n) is 4.62. The number of nitrogens with zero attached hydrogens (tertiary/aromatic N) is 1. The third kappa shape index (κ3) is 4.02. The lowest BCUT2D eigenvalue weighted by molar-refractivity contribution is -0.142. The zero-order valence-corrected chi connectivity index (χ0v) is 15.4. The summed E-state index contributed by atoms with van der Waals surface area (Å²) >= 11 is 1.61. The predicted molar refractivity (Wildman–Crippen MR) is 103 cm³/mol. The van der Waals surface area contributed by atoms with Crippen LogP contribution in [-0.4, -0.2) is 28.0 Å². The van der Waals surface area contributed by atoms with Crippen LogP contribution in [0.1, 0.15) is 37.1 Å². The van der Waals surface area contributed by atoms with Gasteiger partial charge in [-0.15, -0.1) is 11.3 Å². The van der Waals surface area contributed by atoms with E-state index in [1.165, 1.54) is 0 Å². The molecule has 1 aliphatic carbocycles. The van der Waals surface area contributed by atoms with E-state index < -0.39 is 12.0 Å². The maximum absolute atomic E-state index is 12.8. The fourth-order valence-electron chi connectivity index (χ4n) is 3.20. The van der Waals surface area contributed by atoms with Crippen molar-refractivity contribution in [1.82, 2.24) is 10.3 Å². The van der Waals surface area contributed by atoms with E-state index >= 15 is 0 Å². The number of carbonyl (C=O) groups is 2. The van der Waals surface area contributed by atoms with Crippen molar-refractivity contribution in [3.8, 4) is 0 Å². The van der Waals surface area contributed by atoms with E-state index in [0.29, 0.717) is 6.42 Å². The summed E-state index contributed by atoms with van der Waals surface area (Å²) in [5.74, 6) is -1.54. The van der Waals surface area contributed by atoms with Crippen LogP contribution >= 0.6 is 11.3 Å². The van der Waals surface area contributed by atoms with E-state index in [0.717, 1.165) is 21.6 Å². The first-order valence-electron chi connectivity index (χ1n) is 8.75. The molecule has 0 spiro atoms. The fraction of sp³-hybridized carbons (Fsp3) is 0.350. The zero-order chi connectivity index (χ0) is 18.5. The summed E-state index contributed by atoms with van der Waals surface area (Å²) in [5.41, 5.74) is 0.942. The van der Waals surface area contributed by atoms with Crippen molar-refractivity contribution in [2.75, 3.05) is 0 Å². The molecule has 2 aromatic rings. The summed E-state index contributed by atoms with van der Waals surface area (Å²) in [5, 5.41) is 13.0. The lowest BCUT2D eigenvalue weighted by Gasteiger charge is -2.27. The highest BCUT2D eigenvalue weighted by molar-refractivity contribution is 7.18. The molecule has 26 heavy (non-hydrogen) atoms. The molecular weight excluding hydrogens is 348 g/mol. The van der Waals surface area contributed by atoms with Gasteiger partial charge in [-0.25, -0.2) is 9.78 Å². The Morgan fingerprint density at radius 1 is 1.35 bits per heavy atom. The number of hydrogen-bond donors (Lipinski definition) is 2. The maximum Gasteiger partial charge on any atom is 0.326 e. The standard InChI is InChI=1S/C20H22N2O3S/c1-2-3-10-16(20(24)25)21-18(23)13-8-4-5-9-14(13)19-22-15-11-6-7-12-17(15)26-19/h2-7,11-14,16H,8-10H2,1H3,(H,21,23)(H,24,25)/b3-2+. The molecule has 1 aromatic heterocycles. The first-order valence-corrected chi connectivity index (χ1v) is 9.56. The fourth-order valence-corrected chi connectivity index (χ4v) is 4.34. The summed E-state index contributed by atoms with van der Waals surface area (Å²) in [4.78, 5) is 28.9. The highest BCUT2D eigenvalue weighted by Gasteiger charge is 2.34. The predicted octanol–water partition coefficient (Wildman–Crippen LogP) is 3.88. The van der Waals surface area contributed by atoms with E-state index in [-0.39, 0.29) is 24.2 Å². The monoisotopic (exact) mass is 370 g/mol. The first kappa shape index (κ1) is 18.3. The van der Waals surface area contributed by atoms with E-state index in [2.05, 4.69) is 11.4 Å². The molecule has 0 fully saturated rings. The second-order valence-corrected chi connectivity index (χ2v) is 7.44. The number of thiazole rings is 1. The number of carboxylic acid groups (broad SMARTS) is 1. The molecule has 136 valence electrons. The van der Waals surface area contributed by atoms with Gasteiger partial charge in [-0.05, 0) is 38.3 Å². The first-order chi connectivity index (χ1) is 12.6. The van der Waals surface area contributed by atoms with Crippen LogP contribution in [0, 0.1) is 5.92 Å². The average Bonchev–Trinajstić information content (AvgIpc) is 3.08. The summed E-state index contributed by atoms with van der Waals surface area (Å²) in [6.07, 6.45) is 9.24. The van der Waals surface area contributed by atoms with Gasteiger partial charge in [-0.1, -0.05) is 36.4 Å². The van der Waals surface area contributed by atoms with Crippen LogP contribution < -0.4 is 5.32 Å². The molecule has 3 unspecified atom stereocenters. The molecular formula is C20H22N2O3S. The number of benzene rings is 1. The molecule has 3 rings (SSSR count). The quantitative estimate of drug-likeness (QED) is 0.756. The second-order valence-electron chi connectivity index (χ2n) is 6.38. The minimum atomic E-state index is -1.01. The second kappa shape index (κ2) is 8.27. The lowest BCUT2D eigenvalue weighted by Crippen LogP contribution is -2.45. The zero-order valence-electron chi connectivity index (χ0n) is 14.6. The van der Waals surface area contributed by atoms with Crippen molar-refractivity contribution in [1.29, 1.82) is 0 Å². The topological polar surface area (TPSA) is 79.3 Å². The Hall–Kier alpha value is -2.47. The molecule has 0 saturated heterocycles. The van der Waals surface area contributed by atoms with Gasteiger partial charge in [0.25, 0.3) is 0 Å². The summed E-state index contributed by atoms with van der Waals surface area (Å²) in [6, 6.07) is 7.03. The molecule has 0 saturated carbocycles. The normalized spacial score (nSPS) is 21.1.